The summed E-state index contributed by atoms with van der Waals surface area (Å²) in [6.07, 6.45) is 2.49. The van der Waals surface area contributed by atoms with Gasteiger partial charge in [-0.3, -0.25) is 15.3 Å². The van der Waals surface area contributed by atoms with Gasteiger partial charge in [-0.15, -0.1) is 0 Å². The number of esters is 1. The summed E-state index contributed by atoms with van der Waals surface area (Å²) < 4.78 is 4.68. The lowest BCUT2D eigenvalue weighted by molar-refractivity contribution is -0.146. The maximum atomic E-state index is 11.0. The molecule has 0 bridgehead atoms. The van der Waals surface area contributed by atoms with Crippen molar-refractivity contribution in [1.29, 1.82) is 0 Å². The minimum Gasteiger partial charge on any atom is -0.443 e. The van der Waals surface area contributed by atoms with Gasteiger partial charge in [-0.05, 0) is 12.3 Å². The molecule has 1 unspecified atom stereocenters. The molecule has 0 radical (unpaired) electrons. The zero-order valence-corrected chi connectivity index (χ0v) is 7.89. The van der Waals surface area contributed by atoms with Crippen molar-refractivity contribution < 1.29 is 14.3 Å². The maximum Gasteiger partial charge on any atom is 0.309 e. The summed E-state index contributed by atoms with van der Waals surface area (Å²) in [6, 6.07) is 0. The van der Waals surface area contributed by atoms with Gasteiger partial charge in [0.05, 0.1) is 6.42 Å². The molecule has 0 saturated carbocycles. The molecule has 0 heterocycles. The summed E-state index contributed by atoms with van der Waals surface area (Å²) in [5.41, 5.74) is 5.28. The molecular weight excluding hydrogens is 184 g/mol. The van der Waals surface area contributed by atoms with Crippen LogP contribution >= 0.6 is 0 Å². The van der Waals surface area contributed by atoms with E-state index in [1.54, 1.807) is 0 Å². The molecule has 5 heteroatoms. The SMILES string of the molecule is C=CC(N)OC(=O)CCN(C=C)C=O. The van der Waals surface area contributed by atoms with Gasteiger partial charge < -0.3 is 9.64 Å². The predicted molar refractivity (Wildman–Crippen MR) is 51.8 cm³/mol. The molecule has 0 aromatic rings. The molecular formula is C9H14N2O3. The van der Waals surface area contributed by atoms with Crippen molar-refractivity contribution in [2.24, 2.45) is 5.73 Å². The molecule has 0 saturated heterocycles. The molecule has 0 aromatic carbocycles. The zero-order chi connectivity index (χ0) is 11.0. The monoisotopic (exact) mass is 198 g/mol. The van der Waals surface area contributed by atoms with E-state index >= 15 is 0 Å². The van der Waals surface area contributed by atoms with Gasteiger partial charge in [0.2, 0.25) is 6.41 Å². The Hall–Kier alpha value is -1.62. The average Bonchev–Trinajstić information content (AvgIpc) is 2.19. The van der Waals surface area contributed by atoms with Crippen LogP contribution in [-0.2, 0) is 14.3 Å². The van der Waals surface area contributed by atoms with E-state index in [0.717, 1.165) is 0 Å². The summed E-state index contributed by atoms with van der Waals surface area (Å²) in [5.74, 6) is -0.480. The second-order valence-corrected chi connectivity index (χ2v) is 2.47. The van der Waals surface area contributed by atoms with Gasteiger partial charge in [-0.2, -0.15) is 0 Å². The number of hydrogen-bond acceptors (Lipinski definition) is 4. The van der Waals surface area contributed by atoms with Crippen LogP contribution < -0.4 is 5.73 Å². The molecule has 0 aliphatic heterocycles. The zero-order valence-electron chi connectivity index (χ0n) is 7.89. The first kappa shape index (κ1) is 12.4. The number of carbonyl (C=O) groups excluding carboxylic acids is 2. The number of hydrogen-bond donors (Lipinski definition) is 1. The molecule has 14 heavy (non-hydrogen) atoms. The van der Waals surface area contributed by atoms with Gasteiger partial charge in [0.25, 0.3) is 0 Å². The number of ether oxygens (including phenoxy) is 1. The molecule has 0 aliphatic rings. The quantitative estimate of drug-likeness (QED) is 0.270. The lowest BCUT2D eigenvalue weighted by Gasteiger charge is -2.12. The first-order valence-electron chi connectivity index (χ1n) is 4.05. The van der Waals surface area contributed by atoms with E-state index in [2.05, 4.69) is 17.9 Å². The molecule has 0 aromatic heterocycles. The number of amides is 1. The third-order valence-electron chi connectivity index (χ3n) is 1.44. The maximum absolute atomic E-state index is 11.0. The molecule has 0 fully saturated rings. The molecule has 1 amide bonds. The van der Waals surface area contributed by atoms with Crippen LogP contribution in [0.3, 0.4) is 0 Å². The summed E-state index contributed by atoms with van der Waals surface area (Å²) >= 11 is 0. The molecule has 5 nitrogen and oxygen atoms in total. The largest absolute Gasteiger partial charge is 0.443 e. The van der Waals surface area contributed by atoms with Crippen molar-refractivity contribution in [2.45, 2.75) is 12.6 Å². The summed E-state index contributed by atoms with van der Waals surface area (Å²) in [6.45, 7) is 6.98. The lowest BCUT2D eigenvalue weighted by Crippen LogP contribution is -2.27. The van der Waals surface area contributed by atoms with E-state index in [1.165, 1.54) is 17.2 Å². The third kappa shape index (κ3) is 5.10. The minimum absolute atomic E-state index is 0.0757. The molecule has 2 N–H and O–H groups in total. The van der Waals surface area contributed by atoms with Crippen LogP contribution in [0.2, 0.25) is 0 Å². The molecule has 1 atom stereocenters. The fourth-order valence-electron chi connectivity index (χ4n) is 0.666. The fraction of sp³-hybridized carbons (Fsp3) is 0.333. The summed E-state index contributed by atoms with van der Waals surface area (Å²) in [4.78, 5) is 22.5. The summed E-state index contributed by atoms with van der Waals surface area (Å²) in [7, 11) is 0. The average molecular weight is 198 g/mol. The highest BCUT2D eigenvalue weighted by molar-refractivity contribution is 5.70. The normalized spacial score (nSPS) is 11.2. The number of nitrogens with zero attached hydrogens (tertiary/aromatic N) is 1. The van der Waals surface area contributed by atoms with Crippen LogP contribution in [0.5, 0.6) is 0 Å². The Morgan fingerprint density at radius 2 is 2.21 bits per heavy atom. The number of carbonyl (C=O) groups is 2. The van der Waals surface area contributed by atoms with Gasteiger partial charge in [0.15, 0.2) is 6.23 Å². The number of nitrogens with two attached hydrogens (primary N) is 1. The Kier molecular flexibility index (Phi) is 6.06. The van der Waals surface area contributed by atoms with Gasteiger partial charge in [-0.1, -0.05) is 13.2 Å². The lowest BCUT2D eigenvalue weighted by atomic mass is 10.4. The second kappa shape index (κ2) is 6.85. The van der Waals surface area contributed by atoms with Crippen molar-refractivity contribution in [3.05, 3.63) is 25.4 Å². The van der Waals surface area contributed by atoms with Crippen molar-refractivity contribution in [3.8, 4) is 0 Å². The van der Waals surface area contributed by atoms with Gasteiger partial charge in [0, 0.05) is 6.54 Å². The van der Waals surface area contributed by atoms with E-state index < -0.39 is 12.2 Å². The van der Waals surface area contributed by atoms with Gasteiger partial charge >= 0.3 is 5.97 Å². The highest BCUT2D eigenvalue weighted by Crippen LogP contribution is 1.93. The second-order valence-electron chi connectivity index (χ2n) is 2.47. The van der Waals surface area contributed by atoms with E-state index in [1.807, 2.05) is 0 Å². The van der Waals surface area contributed by atoms with Crippen molar-refractivity contribution >= 4 is 12.4 Å². The Labute approximate surface area is 82.8 Å². The standard InChI is InChI=1S/C9H14N2O3/c1-3-8(10)14-9(13)5-6-11(4-2)7-12/h3-4,7-8H,1-2,5-6,10H2. The Morgan fingerprint density at radius 3 is 2.64 bits per heavy atom. The van der Waals surface area contributed by atoms with Gasteiger partial charge in [-0.25, -0.2) is 0 Å². The van der Waals surface area contributed by atoms with Crippen LogP contribution in [0.4, 0.5) is 0 Å². The smallest absolute Gasteiger partial charge is 0.309 e. The first-order valence-corrected chi connectivity index (χ1v) is 4.05. The van der Waals surface area contributed by atoms with Crippen LogP contribution in [0.15, 0.2) is 25.4 Å². The van der Waals surface area contributed by atoms with Crippen molar-refractivity contribution in [3.63, 3.8) is 0 Å². The highest BCUT2D eigenvalue weighted by atomic mass is 16.6. The molecule has 0 rings (SSSR count). The molecule has 0 aliphatic carbocycles. The Balaban J connectivity index is 3.78. The minimum atomic E-state index is -0.795. The summed E-state index contributed by atoms with van der Waals surface area (Å²) in [5, 5.41) is 0. The first-order chi connectivity index (χ1) is 6.63. The van der Waals surface area contributed by atoms with Crippen LogP contribution in [0.25, 0.3) is 0 Å². The van der Waals surface area contributed by atoms with E-state index in [-0.39, 0.29) is 13.0 Å². The van der Waals surface area contributed by atoms with Crippen LogP contribution in [0.1, 0.15) is 6.42 Å². The fourth-order valence-corrected chi connectivity index (χ4v) is 0.666. The van der Waals surface area contributed by atoms with Crippen LogP contribution in [-0.4, -0.2) is 30.1 Å². The van der Waals surface area contributed by atoms with Gasteiger partial charge in [0.1, 0.15) is 0 Å². The third-order valence-corrected chi connectivity index (χ3v) is 1.44. The predicted octanol–water partition coefficient (Wildman–Crippen LogP) is -0.00760. The van der Waals surface area contributed by atoms with Crippen molar-refractivity contribution in [2.75, 3.05) is 6.54 Å². The molecule has 0 spiro atoms. The topological polar surface area (TPSA) is 72.6 Å². The Bertz CT molecular complexity index is 220. The van der Waals surface area contributed by atoms with E-state index in [4.69, 9.17) is 5.73 Å². The Morgan fingerprint density at radius 1 is 1.57 bits per heavy atom. The van der Waals surface area contributed by atoms with E-state index in [0.29, 0.717) is 6.41 Å². The van der Waals surface area contributed by atoms with Crippen molar-refractivity contribution in [1.82, 2.24) is 4.90 Å². The number of rotatable bonds is 7. The highest BCUT2D eigenvalue weighted by Gasteiger charge is 2.07. The molecule has 78 valence electrons. The van der Waals surface area contributed by atoms with E-state index in [9.17, 15) is 9.59 Å². The van der Waals surface area contributed by atoms with Crippen LogP contribution in [0, 0.1) is 0 Å².